The molecule has 0 radical (unpaired) electrons. The van der Waals surface area contributed by atoms with Crippen LogP contribution in [0.15, 0.2) is 45.6 Å². The molecule has 0 aliphatic rings. The Hall–Kier alpha value is -2.69. The van der Waals surface area contributed by atoms with Gasteiger partial charge in [0.2, 0.25) is 11.8 Å². The van der Waals surface area contributed by atoms with Gasteiger partial charge in [-0.2, -0.15) is 4.98 Å². The average Bonchev–Trinajstić information content (AvgIpc) is 2.36. The van der Waals surface area contributed by atoms with Gasteiger partial charge in [-0.1, -0.05) is 30.3 Å². The van der Waals surface area contributed by atoms with E-state index in [0.29, 0.717) is 0 Å². The summed E-state index contributed by atoms with van der Waals surface area (Å²) in [5.74, 6) is -0.542. The van der Waals surface area contributed by atoms with E-state index in [1.165, 1.54) is 13.0 Å². The van der Waals surface area contributed by atoms with Crippen LogP contribution in [0.3, 0.4) is 0 Å². The van der Waals surface area contributed by atoms with Gasteiger partial charge in [-0.25, -0.2) is 4.79 Å². The molecule has 1 aromatic heterocycles. The zero-order valence-electron chi connectivity index (χ0n) is 10.2. The third-order valence-electron chi connectivity index (χ3n) is 2.13. The Balaban J connectivity index is 2.25. The number of hydrogen-bond acceptors (Lipinski definition) is 5. The fourth-order valence-corrected chi connectivity index (χ4v) is 1.40. The van der Waals surface area contributed by atoms with Gasteiger partial charge in [0.05, 0.1) is 6.07 Å². The van der Waals surface area contributed by atoms with Crippen molar-refractivity contribution in [1.29, 1.82) is 0 Å². The predicted molar refractivity (Wildman–Crippen MR) is 69.5 cm³/mol. The van der Waals surface area contributed by atoms with Crippen molar-refractivity contribution >= 4 is 18.1 Å². The van der Waals surface area contributed by atoms with Crippen LogP contribution in [0.5, 0.6) is 5.88 Å². The second-order valence-electron chi connectivity index (χ2n) is 3.69. The Labute approximate surface area is 109 Å². The monoisotopic (exact) mass is 257 g/mol. The minimum atomic E-state index is -0.626. The molecule has 0 saturated heterocycles. The number of esters is 1. The maximum atomic E-state index is 11.3. The Kier molecular flexibility index (Phi) is 3.87. The Morgan fingerprint density at radius 1 is 1.26 bits per heavy atom. The maximum Gasteiger partial charge on any atom is 0.342 e. The Morgan fingerprint density at radius 2 is 2.00 bits per heavy atom. The minimum absolute atomic E-state index is 0.0727. The Morgan fingerprint density at radius 3 is 2.68 bits per heavy atom. The van der Waals surface area contributed by atoms with E-state index in [-0.39, 0.29) is 11.8 Å². The van der Waals surface area contributed by atoms with E-state index in [0.717, 1.165) is 11.6 Å². The van der Waals surface area contributed by atoms with Gasteiger partial charge in [-0.05, 0) is 11.6 Å². The quantitative estimate of drug-likeness (QED) is 0.788. The van der Waals surface area contributed by atoms with Crippen molar-refractivity contribution in [3.05, 3.63) is 58.3 Å². The van der Waals surface area contributed by atoms with Crippen LogP contribution in [-0.4, -0.2) is 11.0 Å². The highest BCUT2D eigenvalue weighted by Gasteiger charge is 2.04. The number of rotatable bonds is 3. The minimum Gasteiger partial charge on any atom is -0.407 e. The first kappa shape index (κ1) is 12.8. The lowest BCUT2D eigenvalue weighted by Crippen LogP contribution is -2.08. The third kappa shape index (κ3) is 3.92. The summed E-state index contributed by atoms with van der Waals surface area (Å²) in [4.78, 5) is 26.0. The van der Waals surface area contributed by atoms with Crippen molar-refractivity contribution < 1.29 is 13.9 Å². The second-order valence-corrected chi connectivity index (χ2v) is 3.69. The predicted octanol–water partition coefficient (Wildman–Crippen LogP) is 2.13. The molecule has 5 heteroatoms. The number of benzene rings is 1. The topological polar surface area (TPSA) is 69.4 Å². The SMILES string of the molecule is CC(=O)Oc1cc(=O)oc(/C=C/c2ccccc2)n1. The number of nitrogens with zero attached hydrogens (tertiary/aromatic N) is 1. The molecule has 0 atom stereocenters. The van der Waals surface area contributed by atoms with Gasteiger partial charge in [-0.3, -0.25) is 4.79 Å². The molecule has 0 spiro atoms. The summed E-state index contributed by atoms with van der Waals surface area (Å²) in [6, 6.07) is 10.5. The fraction of sp³-hybridized carbons (Fsp3) is 0.0714. The van der Waals surface area contributed by atoms with Gasteiger partial charge in [0.15, 0.2) is 0 Å². The molecule has 0 aliphatic heterocycles. The molecular formula is C14H11NO4. The number of hydrogen-bond donors (Lipinski definition) is 0. The molecule has 0 bridgehead atoms. The van der Waals surface area contributed by atoms with Crippen LogP contribution in [0.25, 0.3) is 12.2 Å². The van der Waals surface area contributed by atoms with Crippen LogP contribution in [0.4, 0.5) is 0 Å². The molecule has 0 N–H and O–H groups in total. The standard InChI is InChI=1S/C14H11NO4/c1-10(16)18-13-9-14(17)19-12(15-13)8-7-11-5-3-2-4-6-11/h2-9H,1H3/b8-7+. The molecule has 0 fully saturated rings. The first-order valence-electron chi connectivity index (χ1n) is 5.57. The summed E-state index contributed by atoms with van der Waals surface area (Å²) >= 11 is 0. The Bertz CT molecular complexity index is 659. The molecule has 96 valence electrons. The van der Waals surface area contributed by atoms with Crippen LogP contribution < -0.4 is 10.4 Å². The summed E-state index contributed by atoms with van der Waals surface area (Å²) in [7, 11) is 0. The molecule has 2 rings (SSSR count). The first-order chi connectivity index (χ1) is 9.13. The van der Waals surface area contributed by atoms with Crippen LogP contribution in [0.1, 0.15) is 18.4 Å². The highest BCUT2D eigenvalue weighted by atomic mass is 16.5. The summed E-state index contributed by atoms with van der Waals surface area (Å²) in [5, 5.41) is 0. The lowest BCUT2D eigenvalue weighted by molar-refractivity contribution is -0.132. The van der Waals surface area contributed by atoms with Gasteiger partial charge < -0.3 is 9.15 Å². The summed E-state index contributed by atoms with van der Waals surface area (Å²) < 4.78 is 9.62. The fourth-order valence-electron chi connectivity index (χ4n) is 1.40. The normalized spacial score (nSPS) is 10.6. The van der Waals surface area contributed by atoms with E-state index in [1.54, 1.807) is 6.08 Å². The van der Waals surface area contributed by atoms with E-state index in [9.17, 15) is 9.59 Å². The number of carbonyl (C=O) groups is 1. The van der Waals surface area contributed by atoms with E-state index in [2.05, 4.69) is 4.98 Å². The molecule has 0 amide bonds. The lowest BCUT2D eigenvalue weighted by atomic mass is 10.2. The van der Waals surface area contributed by atoms with Crippen LogP contribution in [0, 0.1) is 0 Å². The molecular weight excluding hydrogens is 246 g/mol. The van der Waals surface area contributed by atoms with Gasteiger partial charge >= 0.3 is 11.6 Å². The molecule has 2 aromatic rings. The molecule has 1 aromatic carbocycles. The van der Waals surface area contributed by atoms with E-state index in [1.807, 2.05) is 30.3 Å². The molecule has 19 heavy (non-hydrogen) atoms. The zero-order chi connectivity index (χ0) is 13.7. The highest BCUT2D eigenvalue weighted by molar-refractivity contribution is 5.69. The highest BCUT2D eigenvalue weighted by Crippen LogP contribution is 2.08. The first-order valence-corrected chi connectivity index (χ1v) is 5.57. The maximum absolute atomic E-state index is 11.3. The lowest BCUT2D eigenvalue weighted by Gasteiger charge is -1.99. The van der Waals surface area contributed by atoms with Crippen molar-refractivity contribution in [2.75, 3.05) is 0 Å². The van der Waals surface area contributed by atoms with E-state index >= 15 is 0 Å². The van der Waals surface area contributed by atoms with E-state index < -0.39 is 11.6 Å². The summed E-state index contributed by atoms with van der Waals surface area (Å²) in [5.41, 5.74) is 0.309. The third-order valence-corrected chi connectivity index (χ3v) is 2.13. The van der Waals surface area contributed by atoms with Crippen molar-refractivity contribution in [3.8, 4) is 5.88 Å². The molecule has 0 unspecified atom stereocenters. The van der Waals surface area contributed by atoms with Gasteiger partial charge in [0, 0.05) is 13.0 Å². The van der Waals surface area contributed by atoms with Crippen LogP contribution >= 0.6 is 0 Å². The van der Waals surface area contributed by atoms with Crippen molar-refractivity contribution in [3.63, 3.8) is 0 Å². The van der Waals surface area contributed by atoms with Crippen molar-refractivity contribution in [1.82, 2.24) is 4.98 Å². The molecule has 5 nitrogen and oxygen atoms in total. The summed E-state index contributed by atoms with van der Waals surface area (Å²) in [6.07, 6.45) is 3.27. The van der Waals surface area contributed by atoms with Crippen molar-refractivity contribution in [2.24, 2.45) is 0 Å². The molecule has 0 saturated carbocycles. The molecule has 0 aliphatic carbocycles. The van der Waals surface area contributed by atoms with Crippen LogP contribution in [0.2, 0.25) is 0 Å². The number of aromatic nitrogens is 1. The molecule has 1 heterocycles. The average molecular weight is 257 g/mol. The second kappa shape index (κ2) is 5.77. The van der Waals surface area contributed by atoms with Crippen LogP contribution in [-0.2, 0) is 4.79 Å². The zero-order valence-corrected chi connectivity index (χ0v) is 10.2. The summed E-state index contributed by atoms with van der Waals surface area (Å²) in [6.45, 7) is 1.23. The van der Waals surface area contributed by atoms with Gasteiger partial charge in [0.1, 0.15) is 0 Å². The number of carbonyl (C=O) groups excluding carboxylic acids is 1. The van der Waals surface area contributed by atoms with Gasteiger partial charge in [0.25, 0.3) is 0 Å². The van der Waals surface area contributed by atoms with E-state index in [4.69, 9.17) is 9.15 Å². The van der Waals surface area contributed by atoms with Gasteiger partial charge in [-0.15, -0.1) is 0 Å². The van der Waals surface area contributed by atoms with Crippen molar-refractivity contribution in [2.45, 2.75) is 6.92 Å². The number of ether oxygens (including phenoxy) is 1. The smallest absolute Gasteiger partial charge is 0.342 e. The largest absolute Gasteiger partial charge is 0.407 e.